The van der Waals surface area contributed by atoms with Crippen molar-refractivity contribution in [3.63, 3.8) is 0 Å². The Morgan fingerprint density at radius 2 is 1.88 bits per heavy atom. The number of halogens is 2. The molecule has 0 saturated carbocycles. The predicted octanol–water partition coefficient (Wildman–Crippen LogP) is 4.81. The van der Waals surface area contributed by atoms with Crippen molar-refractivity contribution in [2.24, 2.45) is 0 Å². The molecular weight excluding hydrogens is 298 g/mol. The van der Waals surface area contributed by atoms with Crippen LogP contribution in [-0.4, -0.2) is 0 Å². The van der Waals surface area contributed by atoms with E-state index >= 15 is 0 Å². The Morgan fingerprint density at radius 1 is 1.12 bits per heavy atom. The first kappa shape index (κ1) is 11.1. The first-order valence-electron chi connectivity index (χ1n) is 5.53. The highest BCUT2D eigenvalue weighted by Gasteiger charge is 2.21. The first-order valence-corrected chi connectivity index (χ1v) is 6.70. The molecule has 0 aromatic heterocycles. The van der Waals surface area contributed by atoms with Gasteiger partial charge >= 0.3 is 0 Å². The molecule has 0 radical (unpaired) electrons. The lowest BCUT2D eigenvalue weighted by Gasteiger charge is -2.11. The number of nitrogens with one attached hydrogen (secondary N) is 1. The lowest BCUT2D eigenvalue weighted by molar-refractivity contribution is 0.824. The third-order valence-electron chi connectivity index (χ3n) is 3.10. The minimum absolute atomic E-state index is 0.358. The number of benzene rings is 2. The highest BCUT2D eigenvalue weighted by Crippen LogP contribution is 2.35. The Kier molecular flexibility index (Phi) is 2.85. The fourth-order valence-electron chi connectivity index (χ4n) is 2.22. The van der Waals surface area contributed by atoms with Gasteiger partial charge < -0.3 is 5.32 Å². The van der Waals surface area contributed by atoms with Gasteiger partial charge in [0, 0.05) is 15.2 Å². The molecule has 0 amide bonds. The van der Waals surface area contributed by atoms with Crippen LogP contribution in [0.3, 0.4) is 0 Å². The van der Waals surface area contributed by atoms with Crippen molar-refractivity contribution in [1.82, 2.24) is 0 Å². The van der Waals surface area contributed by atoms with Gasteiger partial charge in [0.1, 0.15) is 0 Å². The van der Waals surface area contributed by atoms with Crippen molar-refractivity contribution in [3.8, 4) is 0 Å². The first-order chi connectivity index (χ1) is 8.22. The van der Waals surface area contributed by atoms with Gasteiger partial charge in [-0.2, -0.15) is 0 Å². The van der Waals surface area contributed by atoms with E-state index in [1.165, 1.54) is 16.8 Å². The van der Waals surface area contributed by atoms with E-state index in [1.807, 2.05) is 12.1 Å². The maximum atomic E-state index is 5.90. The van der Waals surface area contributed by atoms with Crippen molar-refractivity contribution < 1.29 is 0 Å². The molecule has 1 unspecified atom stereocenters. The topological polar surface area (TPSA) is 12.0 Å². The molecule has 2 aromatic carbocycles. The molecule has 86 valence electrons. The standard InChI is InChI=1S/C14H11BrClN/c15-11-4-1-10-7-13(17-14(10)8-11)9-2-5-12(16)6-3-9/h1-6,8,13,17H,7H2. The van der Waals surface area contributed by atoms with E-state index in [1.54, 1.807) is 0 Å². The normalized spacial score (nSPS) is 17.6. The fraction of sp³-hybridized carbons (Fsp3) is 0.143. The summed E-state index contributed by atoms with van der Waals surface area (Å²) in [7, 11) is 0. The van der Waals surface area contributed by atoms with E-state index in [9.17, 15) is 0 Å². The Bertz CT molecular complexity index is 551. The monoisotopic (exact) mass is 307 g/mol. The van der Waals surface area contributed by atoms with E-state index in [-0.39, 0.29) is 0 Å². The van der Waals surface area contributed by atoms with Crippen molar-refractivity contribution in [2.45, 2.75) is 12.5 Å². The molecule has 2 aromatic rings. The molecule has 1 aliphatic rings. The lowest BCUT2D eigenvalue weighted by atomic mass is 10.0. The van der Waals surface area contributed by atoms with Crippen LogP contribution in [-0.2, 0) is 6.42 Å². The average molecular weight is 309 g/mol. The van der Waals surface area contributed by atoms with E-state index in [0.29, 0.717) is 6.04 Å². The van der Waals surface area contributed by atoms with E-state index < -0.39 is 0 Å². The van der Waals surface area contributed by atoms with Gasteiger partial charge in [-0.25, -0.2) is 0 Å². The smallest absolute Gasteiger partial charge is 0.0555 e. The van der Waals surface area contributed by atoms with Crippen LogP contribution in [0.25, 0.3) is 0 Å². The van der Waals surface area contributed by atoms with E-state index in [0.717, 1.165) is 15.9 Å². The molecular formula is C14H11BrClN. The highest BCUT2D eigenvalue weighted by atomic mass is 79.9. The molecule has 3 heteroatoms. The largest absolute Gasteiger partial charge is 0.378 e. The minimum Gasteiger partial charge on any atom is -0.378 e. The van der Waals surface area contributed by atoms with Crippen LogP contribution in [0.15, 0.2) is 46.9 Å². The molecule has 1 aliphatic heterocycles. The minimum atomic E-state index is 0.358. The summed E-state index contributed by atoms with van der Waals surface area (Å²) in [5.74, 6) is 0. The van der Waals surface area contributed by atoms with Crippen LogP contribution < -0.4 is 5.32 Å². The summed E-state index contributed by atoms with van der Waals surface area (Å²) in [6, 6.07) is 14.8. The third kappa shape index (κ3) is 2.20. The second kappa shape index (κ2) is 4.35. The Labute approximate surface area is 114 Å². The molecule has 0 spiro atoms. The zero-order valence-electron chi connectivity index (χ0n) is 9.08. The van der Waals surface area contributed by atoms with Crippen LogP contribution in [0.2, 0.25) is 5.02 Å². The number of hydrogen-bond acceptors (Lipinski definition) is 1. The molecule has 0 aliphatic carbocycles. The SMILES string of the molecule is Clc1ccc(C2Cc3ccc(Br)cc3N2)cc1. The lowest BCUT2D eigenvalue weighted by Crippen LogP contribution is -2.05. The molecule has 1 nitrogen and oxygen atoms in total. The molecule has 0 fully saturated rings. The Balaban J connectivity index is 1.88. The van der Waals surface area contributed by atoms with Gasteiger partial charge in [0.25, 0.3) is 0 Å². The second-order valence-electron chi connectivity index (χ2n) is 4.25. The van der Waals surface area contributed by atoms with Crippen LogP contribution in [0.1, 0.15) is 17.2 Å². The number of rotatable bonds is 1. The van der Waals surface area contributed by atoms with Crippen molar-refractivity contribution in [1.29, 1.82) is 0 Å². The van der Waals surface area contributed by atoms with Gasteiger partial charge in [-0.1, -0.05) is 45.7 Å². The second-order valence-corrected chi connectivity index (χ2v) is 5.61. The summed E-state index contributed by atoms with van der Waals surface area (Å²) >= 11 is 9.39. The maximum Gasteiger partial charge on any atom is 0.0555 e. The van der Waals surface area contributed by atoms with Crippen LogP contribution in [0.4, 0.5) is 5.69 Å². The van der Waals surface area contributed by atoms with Crippen LogP contribution in [0, 0.1) is 0 Å². The van der Waals surface area contributed by atoms with Gasteiger partial charge in [0.2, 0.25) is 0 Å². The van der Waals surface area contributed by atoms with Crippen LogP contribution >= 0.6 is 27.5 Å². The van der Waals surface area contributed by atoms with Gasteiger partial charge in [0.05, 0.1) is 6.04 Å². The molecule has 17 heavy (non-hydrogen) atoms. The van der Waals surface area contributed by atoms with E-state index in [4.69, 9.17) is 11.6 Å². The average Bonchev–Trinajstić information content (AvgIpc) is 2.72. The summed E-state index contributed by atoms with van der Waals surface area (Å²) in [6.07, 6.45) is 1.03. The quantitative estimate of drug-likeness (QED) is 0.797. The predicted molar refractivity (Wildman–Crippen MR) is 75.7 cm³/mol. The van der Waals surface area contributed by atoms with Gasteiger partial charge in [-0.15, -0.1) is 0 Å². The van der Waals surface area contributed by atoms with Crippen molar-refractivity contribution in [3.05, 3.63) is 63.1 Å². The molecule has 1 atom stereocenters. The van der Waals surface area contributed by atoms with Crippen molar-refractivity contribution in [2.75, 3.05) is 5.32 Å². The molecule has 3 rings (SSSR count). The number of hydrogen-bond donors (Lipinski definition) is 1. The highest BCUT2D eigenvalue weighted by molar-refractivity contribution is 9.10. The molecule has 0 bridgehead atoms. The summed E-state index contributed by atoms with van der Waals surface area (Å²) in [5.41, 5.74) is 3.87. The molecule has 1 heterocycles. The molecule has 0 saturated heterocycles. The van der Waals surface area contributed by atoms with Gasteiger partial charge in [-0.3, -0.25) is 0 Å². The molecule has 1 N–H and O–H groups in total. The zero-order chi connectivity index (χ0) is 11.8. The van der Waals surface area contributed by atoms with Crippen molar-refractivity contribution >= 4 is 33.2 Å². The Hall–Kier alpha value is -0.990. The summed E-state index contributed by atoms with van der Waals surface area (Å²) in [4.78, 5) is 0. The van der Waals surface area contributed by atoms with E-state index in [2.05, 4.69) is 51.6 Å². The number of anilines is 1. The Morgan fingerprint density at radius 3 is 2.65 bits per heavy atom. The summed E-state index contributed by atoms with van der Waals surface area (Å²) < 4.78 is 1.11. The zero-order valence-corrected chi connectivity index (χ0v) is 11.4. The maximum absolute atomic E-state index is 5.90. The van der Waals surface area contributed by atoms with Crippen LogP contribution in [0.5, 0.6) is 0 Å². The summed E-state index contributed by atoms with van der Waals surface area (Å²) in [5, 5.41) is 4.32. The third-order valence-corrected chi connectivity index (χ3v) is 3.84. The fourth-order valence-corrected chi connectivity index (χ4v) is 2.70. The summed E-state index contributed by atoms with van der Waals surface area (Å²) in [6.45, 7) is 0. The van der Waals surface area contributed by atoms with Gasteiger partial charge in [-0.05, 0) is 41.8 Å². The number of fused-ring (bicyclic) bond motifs is 1. The van der Waals surface area contributed by atoms with Gasteiger partial charge in [0.15, 0.2) is 0 Å².